The first-order chi connectivity index (χ1) is 9.32. The first kappa shape index (κ1) is 15.0. The van der Waals surface area contributed by atoms with Crippen molar-refractivity contribution in [3.8, 4) is 0 Å². The van der Waals surface area contributed by atoms with E-state index in [2.05, 4.69) is 12.2 Å². The fourth-order valence-electron chi connectivity index (χ4n) is 2.38. The highest BCUT2D eigenvalue weighted by Gasteiger charge is 2.37. The van der Waals surface area contributed by atoms with Gasteiger partial charge in [-0.05, 0) is 43.4 Å². The monoisotopic (exact) mass is 296 g/mol. The van der Waals surface area contributed by atoms with Gasteiger partial charge in [-0.1, -0.05) is 19.4 Å². The Hall–Kier alpha value is -1.40. The van der Waals surface area contributed by atoms with Gasteiger partial charge in [0, 0.05) is 11.6 Å². The van der Waals surface area contributed by atoms with Crippen LogP contribution >= 0.6 is 0 Å². The Bertz CT molecular complexity index is 625. The van der Waals surface area contributed by atoms with E-state index in [-0.39, 0.29) is 16.8 Å². The molecule has 6 heteroatoms. The quantitative estimate of drug-likeness (QED) is 0.864. The second-order valence-electron chi connectivity index (χ2n) is 5.39. The van der Waals surface area contributed by atoms with Crippen LogP contribution in [0.25, 0.3) is 0 Å². The molecule has 2 atom stereocenters. The summed E-state index contributed by atoms with van der Waals surface area (Å²) < 4.78 is 22.7. The van der Waals surface area contributed by atoms with E-state index in [0.29, 0.717) is 11.5 Å². The molecule has 2 rings (SSSR count). The van der Waals surface area contributed by atoms with Gasteiger partial charge in [-0.25, -0.2) is 13.6 Å². The molecule has 1 fully saturated rings. The van der Waals surface area contributed by atoms with Gasteiger partial charge in [-0.3, -0.25) is 4.79 Å². The molecule has 1 aromatic carbocycles. The van der Waals surface area contributed by atoms with Gasteiger partial charge >= 0.3 is 0 Å². The highest BCUT2D eigenvalue weighted by molar-refractivity contribution is 7.89. The Morgan fingerprint density at radius 2 is 2.15 bits per heavy atom. The van der Waals surface area contributed by atoms with Crippen molar-refractivity contribution in [1.82, 2.24) is 5.32 Å². The average molecular weight is 296 g/mol. The number of aryl methyl sites for hydroxylation is 1. The first-order valence-electron chi connectivity index (χ1n) is 6.77. The number of amides is 1. The van der Waals surface area contributed by atoms with E-state index in [1.165, 1.54) is 12.1 Å². The molecule has 0 radical (unpaired) electrons. The van der Waals surface area contributed by atoms with Crippen molar-refractivity contribution < 1.29 is 13.2 Å². The van der Waals surface area contributed by atoms with Gasteiger partial charge in [-0.15, -0.1) is 0 Å². The number of carbonyl (C=O) groups is 1. The number of hydrogen-bond acceptors (Lipinski definition) is 3. The Kier molecular flexibility index (Phi) is 4.15. The lowest BCUT2D eigenvalue weighted by Crippen LogP contribution is -2.28. The van der Waals surface area contributed by atoms with Crippen LogP contribution in [-0.2, 0) is 10.0 Å². The van der Waals surface area contributed by atoms with Crippen LogP contribution in [0.2, 0.25) is 0 Å². The van der Waals surface area contributed by atoms with Gasteiger partial charge in [0.2, 0.25) is 10.0 Å². The van der Waals surface area contributed by atoms with Crippen molar-refractivity contribution in [2.75, 3.05) is 0 Å². The summed E-state index contributed by atoms with van der Waals surface area (Å²) in [4.78, 5) is 12.2. The summed E-state index contributed by atoms with van der Waals surface area (Å²) in [5.74, 6) is 0.335. The van der Waals surface area contributed by atoms with Crippen LogP contribution in [0.15, 0.2) is 23.1 Å². The van der Waals surface area contributed by atoms with Crippen molar-refractivity contribution in [1.29, 1.82) is 0 Å². The van der Waals surface area contributed by atoms with Crippen molar-refractivity contribution in [2.24, 2.45) is 11.1 Å². The van der Waals surface area contributed by atoms with Crippen LogP contribution in [-0.4, -0.2) is 20.4 Å². The Labute approximate surface area is 119 Å². The third-order valence-electron chi connectivity index (χ3n) is 3.68. The lowest BCUT2D eigenvalue weighted by atomic mass is 10.1. The maximum absolute atomic E-state index is 12.2. The van der Waals surface area contributed by atoms with Crippen molar-refractivity contribution in [3.05, 3.63) is 29.3 Å². The van der Waals surface area contributed by atoms with Gasteiger partial charge in [-0.2, -0.15) is 0 Å². The molecule has 1 amide bonds. The summed E-state index contributed by atoms with van der Waals surface area (Å²) in [6.07, 6.45) is 3.23. The van der Waals surface area contributed by atoms with E-state index in [1.54, 1.807) is 13.0 Å². The standard InChI is InChI=1S/C14H20N2O3S/c1-3-4-10-7-13(10)16-14(17)12-8-11(20(15,18)19)6-5-9(12)2/h5-6,8,10,13H,3-4,7H2,1-2H3,(H,16,17)(H2,15,18,19). The van der Waals surface area contributed by atoms with Crippen LogP contribution in [0.4, 0.5) is 0 Å². The summed E-state index contributed by atoms with van der Waals surface area (Å²) in [6.45, 7) is 3.90. The molecule has 110 valence electrons. The van der Waals surface area contributed by atoms with Crippen LogP contribution in [0.3, 0.4) is 0 Å². The normalized spacial score (nSPS) is 21.6. The zero-order chi connectivity index (χ0) is 14.9. The Balaban J connectivity index is 2.14. The van der Waals surface area contributed by atoms with Crippen molar-refractivity contribution in [3.63, 3.8) is 0 Å². The highest BCUT2D eigenvalue weighted by Crippen LogP contribution is 2.34. The number of carbonyl (C=O) groups excluding carboxylic acids is 1. The summed E-state index contributed by atoms with van der Waals surface area (Å²) in [5.41, 5.74) is 1.11. The fraction of sp³-hybridized carbons (Fsp3) is 0.500. The maximum atomic E-state index is 12.2. The zero-order valence-corrected chi connectivity index (χ0v) is 12.5. The number of nitrogens with one attached hydrogen (secondary N) is 1. The second-order valence-corrected chi connectivity index (χ2v) is 6.95. The molecule has 1 saturated carbocycles. The Morgan fingerprint density at radius 1 is 1.45 bits per heavy atom. The van der Waals surface area contributed by atoms with Gasteiger partial charge in [0.05, 0.1) is 4.90 Å². The van der Waals surface area contributed by atoms with Gasteiger partial charge in [0.1, 0.15) is 0 Å². The first-order valence-corrected chi connectivity index (χ1v) is 8.32. The minimum absolute atomic E-state index is 0.0332. The molecule has 5 nitrogen and oxygen atoms in total. The molecule has 1 aliphatic rings. The topological polar surface area (TPSA) is 89.3 Å². The SMILES string of the molecule is CCCC1CC1NC(=O)c1cc(S(N)(=O)=O)ccc1C. The molecular formula is C14H20N2O3S. The molecule has 1 aromatic rings. The van der Waals surface area contributed by atoms with Gasteiger partial charge in [0.15, 0.2) is 0 Å². The van der Waals surface area contributed by atoms with Crippen LogP contribution < -0.4 is 10.5 Å². The number of hydrogen-bond donors (Lipinski definition) is 2. The van der Waals surface area contributed by atoms with E-state index in [4.69, 9.17) is 5.14 Å². The number of primary sulfonamides is 1. The van der Waals surface area contributed by atoms with E-state index < -0.39 is 10.0 Å². The van der Waals surface area contributed by atoms with Crippen molar-refractivity contribution in [2.45, 2.75) is 44.0 Å². The molecule has 3 N–H and O–H groups in total. The van der Waals surface area contributed by atoms with E-state index in [9.17, 15) is 13.2 Å². The van der Waals surface area contributed by atoms with E-state index >= 15 is 0 Å². The average Bonchev–Trinajstić information content (AvgIpc) is 3.06. The number of rotatable bonds is 5. The Morgan fingerprint density at radius 3 is 2.75 bits per heavy atom. The summed E-state index contributed by atoms with van der Waals surface area (Å²) >= 11 is 0. The largest absolute Gasteiger partial charge is 0.349 e. The van der Waals surface area contributed by atoms with Crippen LogP contribution in [0.5, 0.6) is 0 Å². The third kappa shape index (κ3) is 3.37. The van der Waals surface area contributed by atoms with Gasteiger partial charge < -0.3 is 5.32 Å². The van der Waals surface area contributed by atoms with E-state index in [1.807, 2.05) is 0 Å². The summed E-state index contributed by atoms with van der Waals surface area (Å²) in [5, 5.41) is 8.04. The van der Waals surface area contributed by atoms with Gasteiger partial charge in [0.25, 0.3) is 5.91 Å². The molecule has 0 saturated heterocycles. The number of nitrogens with two attached hydrogens (primary N) is 1. The highest BCUT2D eigenvalue weighted by atomic mass is 32.2. The third-order valence-corrected chi connectivity index (χ3v) is 4.59. The number of sulfonamides is 1. The summed E-state index contributed by atoms with van der Waals surface area (Å²) in [7, 11) is -3.79. The molecule has 20 heavy (non-hydrogen) atoms. The minimum Gasteiger partial charge on any atom is -0.349 e. The van der Waals surface area contributed by atoms with E-state index in [0.717, 1.165) is 24.8 Å². The smallest absolute Gasteiger partial charge is 0.251 e. The molecule has 0 bridgehead atoms. The maximum Gasteiger partial charge on any atom is 0.251 e. The van der Waals surface area contributed by atoms with Crippen LogP contribution in [0.1, 0.15) is 42.1 Å². The molecular weight excluding hydrogens is 276 g/mol. The predicted molar refractivity (Wildman–Crippen MR) is 76.8 cm³/mol. The lowest BCUT2D eigenvalue weighted by molar-refractivity contribution is 0.0948. The molecule has 0 aromatic heterocycles. The number of benzene rings is 1. The fourth-order valence-corrected chi connectivity index (χ4v) is 2.92. The molecule has 0 aliphatic heterocycles. The van der Waals surface area contributed by atoms with Crippen LogP contribution in [0, 0.1) is 12.8 Å². The molecule has 0 spiro atoms. The second kappa shape index (κ2) is 5.54. The van der Waals surface area contributed by atoms with Crippen molar-refractivity contribution >= 4 is 15.9 Å². The molecule has 0 heterocycles. The molecule has 2 unspecified atom stereocenters. The predicted octanol–water partition coefficient (Wildman–Crippen LogP) is 1.56. The lowest BCUT2D eigenvalue weighted by Gasteiger charge is -2.09. The molecule has 1 aliphatic carbocycles. The minimum atomic E-state index is -3.79. The summed E-state index contributed by atoms with van der Waals surface area (Å²) in [6, 6.07) is 4.58. The zero-order valence-electron chi connectivity index (χ0n) is 11.7.